The van der Waals surface area contributed by atoms with Crippen molar-refractivity contribution in [2.75, 3.05) is 5.75 Å². The van der Waals surface area contributed by atoms with E-state index in [0.29, 0.717) is 12.2 Å². The Bertz CT molecular complexity index is 843. The van der Waals surface area contributed by atoms with Gasteiger partial charge in [-0.05, 0) is 74.6 Å². The zero-order valence-electron chi connectivity index (χ0n) is 15.0. The molecule has 3 rings (SSSR count). The summed E-state index contributed by atoms with van der Waals surface area (Å²) in [4.78, 5) is 15.8. The molecule has 1 aliphatic carbocycles. The fourth-order valence-electron chi connectivity index (χ4n) is 3.73. The molecule has 1 aromatic carbocycles. The minimum absolute atomic E-state index is 0.0833. The first-order chi connectivity index (χ1) is 11.8. The fraction of sp³-hybridized carbons (Fsp3) is 0.550. The Kier molecular flexibility index (Phi) is 5.32. The fourth-order valence-corrected chi connectivity index (χ4v) is 5.11. The van der Waals surface area contributed by atoms with E-state index < -0.39 is 9.84 Å². The van der Waals surface area contributed by atoms with Gasteiger partial charge >= 0.3 is 0 Å². The third kappa shape index (κ3) is 4.32. The van der Waals surface area contributed by atoms with Crippen LogP contribution in [-0.4, -0.2) is 30.2 Å². The monoisotopic (exact) mass is 361 g/mol. The van der Waals surface area contributed by atoms with Crippen molar-refractivity contribution in [1.29, 1.82) is 0 Å². The number of hydrogen-bond donors (Lipinski definition) is 1. The van der Waals surface area contributed by atoms with Crippen molar-refractivity contribution in [1.82, 2.24) is 4.98 Å². The molecule has 1 heterocycles. The highest BCUT2D eigenvalue weighted by molar-refractivity contribution is 7.91. The molecule has 0 spiro atoms. The lowest BCUT2D eigenvalue weighted by Gasteiger charge is -2.28. The van der Waals surface area contributed by atoms with Crippen molar-refractivity contribution < 1.29 is 13.2 Å². The van der Waals surface area contributed by atoms with Crippen LogP contribution >= 0.6 is 0 Å². The number of sulfone groups is 1. The third-order valence-electron chi connectivity index (χ3n) is 5.48. The second-order valence-corrected chi connectivity index (χ2v) is 10.2. The number of nitrogens with one attached hydrogen (secondary N) is 1. The SMILES string of the molecule is CC(C)S(=O)(=O)CC1CCC(C(=O)Cc2ccc3[nH]ccc3c2)CC1. The van der Waals surface area contributed by atoms with Gasteiger partial charge in [0.25, 0.3) is 0 Å². The lowest BCUT2D eigenvalue weighted by molar-refractivity contribution is -0.123. The number of H-pyrrole nitrogens is 1. The van der Waals surface area contributed by atoms with Crippen molar-refractivity contribution in [3.05, 3.63) is 36.0 Å². The number of carbonyl (C=O) groups is 1. The number of benzene rings is 1. The van der Waals surface area contributed by atoms with E-state index in [1.54, 1.807) is 13.8 Å². The molecular formula is C20H27NO3S. The minimum atomic E-state index is -2.99. The molecule has 1 saturated carbocycles. The molecule has 0 radical (unpaired) electrons. The normalized spacial score (nSPS) is 21.7. The smallest absolute Gasteiger partial charge is 0.152 e. The predicted octanol–water partition coefficient (Wildman–Crippen LogP) is 3.91. The summed E-state index contributed by atoms with van der Waals surface area (Å²) in [5.74, 6) is 0.864. The van der Waals surface area contributed by atoms with Gasteiger partial charge in [-0.1, -0.05) is 6.07 Å². The maximum absolute atomic E-state index is 12.6. The van der Waals surface area contributed by atoms with Gasteiger partial charge in [0, 0.05) is 24.1 Å². The number of hydrogen-bond acceptors (Lipinski definition) is 3. The number of carbonyl (C=O) groups excluding carboxylic acids is 1. The van der Waals surface area contributed by atoms with Crippen molar-refractivity contribution >= 4 is 26.5 Å². The van der Waals surface area contributed by atoms with Gasteiger partial charge in [0.05, 0.1) is 11.0 Å². The number of Topliss-reactive ketones (excluding diaryl/α,β-unsaturated/α-hetero) is 1. The van der Waals surface area contributed by atoms with Crippen LogP contribution in [0.25, 0.3) is 10.9 Å². The topological polar surface area (TPSA) is 67.0 Å². The van der Waals surface area contributed by atoms with Crippen LogP contribution in [-0.2, 0) is 21.1 Å². The molecular weight excluding hydrogens is 334 g/mol. The molecule has 0 saturated heterocycles. The summed E-state index contributed by atoms with van der Waals surface area (Å²) < 4.78 is 24.1. The van der Waals surface area contributed by atoms with Gasteiger partial charge in [0.15, 0.2) is 9.84 Å². The maximum Gasteiger partial charge on any atom is 0.152 e. The van der Waals surface area contributed by atoms with E-state index in [0.717, 1.165) is 42.1 Å². The highest BCUT2D eigenvalue weighted by atomic mass is 32.2. The van der Waals surface area contributed by atoms with Gasteiger partial charge in [0.2, 0.25) is 0 Å². The molecule has 1 fully saturated rings. The van der Waals surface area contributed by atoms with Crippen LogP contribution in [0.2, 0.25) is 0 Å². The Balaban J connectivity index is 1.54. The van der Waals surface area contributed by atoms with Crippen molar-refractivity contribution in [2.24, 2.45) is 11.8 Å². The summed E-state index contributed by atoms with van der Waals surface area (Å²) in [6, 6.07) is 8.12. The zero-order chi connectivity index (χ0) is 18.0. The van der Waals surface area contributed by atoms with Crippen LogP contribution in [0.3, 0.4) is 0 Å². The molecule has 0 aliphatic heterocycles. The molecule has 136 valence electrons. The Labute approximate surface area is 149 Å². The highest BCUT2D eigenvalue weighted by Gasteiger charge is 2.29. The van der Waals surface area contributed by atoms with Crippen LogP contribution in [0.5, 0.6) is 0 Å². The van der Waals surface area contributed by atoms with Crippen molar-refractivity contribution in [3.63, 3.8) is 0 Å². The molecule has 0 atom stereocenters. The first-order valence-corrected chi connectivity index (χ1v) is 10.9. The predicted molar refractivity (Wildman–Crippen MR) is 101 cm³/mol. The van der Waals surface area contributed by atoms with E-state index in [4.69, 9.17) is 0 Å². The van der Waals surface area contributed by atoms with E-state index >= 15 is 0 Å². The van der Waals surface area contributed by atoms with E-state index in [9.17, 15) is 13.2 Å². The van der Waals surface area contributed by atoms with Crippen LogP contribution in [0, 0.1) is 11.8 Å². The Morgan fingerprint density at radius 3 is 2.56 bits per heavy atom. The second kappa shape index (κ2) is 7.32. The van der Waals surface area contributed by atoms with Gasteiger partial charge in [-0.25, -0.2) is 8.42 Å². The molecule has 0 unspecified atom stereocenters. The van der Waals surface area contributed by atoms with Gasteiger partial charge in [-0.2, -0.15) is 0 Å². The van der Waals surface area contributed by atoms with Crippen LogP contribution in [0.4, 0.5) is 0 Å². The molecule has 5 heteroatoms. The molecule has 2 aromatic rings. The molecule has 0 amide bonds. The number of rotatable bonds is 6. The Morgan fingerprint density at radius 2 is 1.88 bits per heavy atom. The zero-order valence-corrected chi connectivity index (χ0v) is 15.8. The Hall–Kier alpha value is -1.62. The van der Waals surface area contributed by atoms with Crippen molar-refractivity contribution in [2.45, 2.75) is 51.2 Å². The van der Waals surface area contributed by atoms with E-state index in [-0.39, 0.29) is 22.8 Å². The molecule has 25 heavy (non-hydrogen) atoms. The van der Waals surface area contributed by atoms with Crippen molar-refractivity contribution in [3.8, 4) is 0 Å². The lowest BCUT2D eigenvalue weighted by atomic mass is 9.79. The van der Waals surface area contributed by atoms with Crippen LogP contribution in [0.1, 0.15) is 45.1 Å². The van der Waals surface area contributed by atoms with Crippen LogP contribution < -0.4 is 0 Å². The molecule has 4 nitrogen and oxygen atoms in total. The summed E-state index contributed by atoms with van der Waals surface area (Å²) in [7, 11) is -2.99. The lowest BCUT2D eigenvalue weighted by Crippen LogP contribution is -2.29. The second-order valence-electron chi connectivity index (χ2n) is 7.64. The summed E-state index contributed by atoms with van der Waals surface area (Å²) in [6.07, 6.45) is 5.72. The third-order valence-corrected chi connectivity index (χ3v) is 7.86. The Morgan fingerprint density at radius 1 is 1.16 bits per heavy atom. The number of ketones is 1. The van der Waals surface area contributed by atoms with Gasteiger partial charge < -0.3 is 4.98 Å². The first kappa shape index (κ1) is 18.2. The molecule has 1 aromatic heterocycles. The van der Waals surface area contributed by atoms with Gasteiger partial charge in [-0.3, -0.25) is 4.79 Å². The average molecular weight is 362 g/mol. The summed E-state index contributed by atoms with van der Waals surface area (Å²) in [6.45, 7) is 3.48. The molecule has 1 N–H and O–H groups in total. The largest absolute Gasteiger partial charge is 0.361 e. The first-order valence-electron chi connectivity index (χ1n) is 9.15. The summed E-state index contributed by atoms with van der Waals surface area (Å²) in [5.41, 5.74) is 2.14. The molecule has 0 bridgehead atoms. The van der Waals surface area contributed by atoms with E-state index in [2.05, 4.69) is 11.1 Å². The van der Waals surface area contributed by atoms with Gasteiger partial charge in [-0.15, -0.1) is 0 Å². The summed E-state index contributed by atoms with van der Waals surface area (Å²) >= 11 is 0. The minimum Gasteiger partial charge on any atom is -0.361 e. The number of fused-ring (bicyclic) bond motifs is 1. The number of aromatic nitrogens is 1. The molecule has 1 aliphatic rings. The highest BCUT2D eigenvalue weighted by Crippen LogP contribution is 2.31. The quantitative estimate of drug-likeness (QED) is 0.848. The van der Waals surface area contributed by atoms with Crippen LogP contribution in [0.15, 0.2) is 30.5 Å². The van der Waals surface area contributed by atoms with E-state index in [1.165, 1.54) is 0 Å². The standard InChI is InChI=1S/C20H27NO3S/c1-14(2)25(23,24)13-15-3-6-17(7-4-15)20(22)12-16-5-8-19-18(11-16)9-10-21-19/h5,8-11,14-15,17,21H,3-4,6-7,12-13H2,1-2H3. The summed E-state index contributed by atoms with van der Waals surface area (Å²) in [5, 5.41) is 0.822. The average Bonchev–Trinajstić information content (AvgIpc) is 3.02. The number of aromatic amines is 1. The van der Waals surface area contributed by atoms with E-state index in [1.807, 2.05) is 24.4 Å². The maximum atomic E-state index is 12.6. The van der Waals surface area contributed by atoms with Gasteiger partial charge in [0.1, 0.15) is 5.78 Å².